The molecular weight excluding hydrogens is 320 g/mol. The molecule has 0 saturated heterocycles. The van der Waals surface area contributed by atoms with Crippen LogP contribution in [-0.2, 0) is 15.6 Å². The minimum atomic E-state index is -0.206. The lowest BCUT2D eigenvalue weighted by molar-refractivity contribution is -0.111. The van der Waals surface area contributed by atoms with E-state index < -0.39 is 0 Å². The van der Waals surface area contributed by atoms with Crippen LogP contribution in [0.25, 0.3) is 6.08 Å². The average molecular weight is 345 g/mol. The van der Waals surface area contributed by atoms with Crippen LogP contribution in [0.4, 0.5) is 0 Å². The van der Waals surface area contributed by atoms with Gasteiger partial charge in [-0.1, -0.05) is 53.1 Å². The molecule has 0 radical (unpaired) electrons. The number of allylic oxidation sites excluding steroid dienone is 5. The van der Waals surface area contributed by atoms with Crippen LogP contribution in [0.1, 0.15) is 58.2 Å². The van der Waals surface area contributed by atoms with Crippen LogP contribution >= 0.6 is 11.6 Å². The molecule has 0 heterocycles. The monoisotopic (exact) mass is 344 g/mol. The van der Waals surface area contributed by atoms with Gasteiger partial charge in [-0.25, -0.2) is 0 Å². The summed E-state index contributed by atoms with van der Waals surface area (Å²) in [6, 6.07) is 3.90. The number of phenolic OH excluding ortho intramolecular Hbond substituents is 1. The summed E-state index contributed by atoms with van der Waals surface area (Å²) in [4.78, 5) is 12.1. The zero-order chi connectivity index (χ0) is 18.3. The van der Waals surface area contributed by atoms with Crippen molar-refractivity contribution >= 4 is 23.5 Å². The molecule has 1 aliphatic rings. The molecule has 2 nitrogen and oxygen atoms in total. The van der Waals surface area contributed by atoms with Crippen molar-refractivity contribution in [2.45, 2.75) is 52.4 Å². The Hall–Kier alpha value is -1.80. The number of halogens is 1. The van der Waals surface area contributed by atoms with Crippen molar-refractivity contribution < 1.29 is 9.90 Å². The van der Waals surface area contributed by atoms with Crippen LogP contribution < -0.4 is 0 Å². The van der Waals surface area contributed by atoms with Gasteiger partial charge in [0.05, 0.1) is 0 Å². The first-order chi connectivity index (χ1) is 10.9. The Balaban J connectivity index is 2.68. The normalized spacial score (nSPS) is 17.4. The van der Waals surface area contributed by atoms with Crippen molar-refractivity contribution in [2.75, 3.05) is 0 Å². The van der Waals surface area contributed by atoms with Crippen molar-refractivity contribution in [1.82, 2.24) is 0 Å². The average Bonchev–Trinajstić information content (AvgIpc) is 2.42. The van der Waals surface area contributed by atoms with Crippen LogP contribution in [0.5, 0.6) is 5.75 Å². The Morgan fingerprint density at radius 2 is 1.46 bits per heavy atom. The third-order valence-electron chi connectivity index (χ3n) is 4.04. The van der Waals surface area contributed by atoms with Crippen LogP contribution in [0.3, 0.4) is 0 Å². The lowest BCUT2D eigenvalue weighted by Gasteiger charge is -2.28. The molecule has 0 spiro atoms. The third kappa shape index (κ3) is 3.99. The van der Waals surface area contributed by atoms with Gasteiger partial charge in [-0.3, -0.25) is 4.79 Å². The quantitative estimate of drug-likeness (QED) is 0.670. The molecule has 0 saturated carbocycles. The lowest BCUT2D eigenvalue weighted by atomic mass is 9.78. The van der Waals surface area contributed by atoms with Crippen LogP contribution in [0.15, 0.2) is 41.0 Å². The van der Waals surface area contributed by atoms with E-state index >= 15 is 0 Å². The maximum atomic E-state index is 12.1. The predicted molar refractivity (Wildman–Crippen MR) is 102 cm³/mol. The van der Waals surface area contributed by atoms with Gasteiger partial charge in [-0.05, 0) is 52.8 Å². The summed E-state index contributed by atoms with van der Waals surface area (Å²) in [7, 11) is 0. The topological polar surface area (TPSA) is 37.3 Å². The molecular formula is C21H25ClO2. The van der Waals surface area contributed by atoms with Gasteiger partial charge in [-0.2, -0.15) is 0 Å². The van der Waals surface area contributed by atoms with Crippen molar-refractivity contribution in [1.29, 1.82) is 0 Å². The molecule has 0 atom stereocenters. The van der Waals surface area contributed by atoms with E-state index in [1.54, 1.807) is 12.2 Å². The van der Waals surface area contributed by atoms with Gasteiger partial charge >= 0.3 is 0 Å². The van der Waals surface area contributed by atoms with Gasteiger partial charge in [-0.15, -0.1) is 0 Å². The third-order valence-corrected chi connectivity index (χ3v) is 4.28. The molecule has 0 aromatic heterocycles. The van der Waals surface area contributed by atoms with Gasteiger partial charge in [0.1, 0.15) is 5.75 Å². The summed E-state index contributed by atoms with van der Waals surface area (Å²) in [5, 5.41) is 11.3. The summed E-state index contributed by atoms with van der Waals surface area (Å²) in [6.45, 7) is 12.4. The Bertz CT molecular complexity index is 731. The largest absolute Gasteiger partial charge is 0.507 e. The first-order valence-corrected chi connectivity index (χ1v) is 8.46. The molecule has 0 fully saturated rings. The van der Waals surface area contributed by atoms with Crippen LogP contribution in [0.2, 0.25) is 0 Å². The highest BCUT2D eigenvalue weighted by Gasteiger charge is 2.26. The molecule has 1 aliphatic carbocycles. The molecule has 1 N–H and O–H groups in total. The predicted octanol–water partition coefficient (Wildman–Crippen LogP) is 5.63. The molecule has 0 aliphatic heterocycles. The number of phenols is 1. The molecule has 1 aromatic rings. The number of carbonyl (C=O) groups excluding carboxylic acids is 1. The summed E-state index contributed by atoms with van der Waals surface area (Å²) in [5.41, 5.74) is 2.77. The van der Waals surface area contributed by atoms with E-state index in [-0.39, 0.29) is 16.6 Å². The SMILES string of the molecule is CC(C)(C)c1cc(/C=C2\C=C(Cl)C=CC2=O)cc(C(C)(C)C)c1O. The lowest BCUT2D eigenvalue weighted by Crippen LogP contribution is -2.17. The summed E-state index contributed by atoms with van der Waals surface area (Å²) in [6.07, 6.45) is 6.57. The number of hydrogen-bond donors (Lipinski definition) is 1. The van der Waals surface area contributed by atoms with E-state index in [1.807, 2.05) is 18.2 Å². The molecule has 0 amide bonds. The first-order valence-electron chi connectivity index (χ1n) is 8.09. The van der Waals surface area contributed by atoms with Gasteiger partial charge in [0.15, 0.2) is 5.78 Å². The summed E-state index contributed by atoms with van der Waals surface area (Å²) in [5.74, 6) is 0.266. The fourth-order valence-corrected chi connectivity index (χ4v) is 2.88. The number of rotatable bonds is 1. The van der Waals surface area contributed by atoms with Gasteiger partial charge in [0, 0.05) is 21.7 Å². The fourth-order valence-electron chi connectivity index (χ4n) is 2.70. The summed E-state index contributed by atoms with van der Waals surface area (Å²) >= 11 is 6.02. The Kier molecular flexibility index (Phi) is 4.83. The fraction of sp³-hybridized carbons (Fsp3) is 0.381. The second-order valence-corrected chi connectivity index (χ2v) is 8.73. The number of aromatic hydroxyl groups is 1. The molecule has 0 unspecified atom stereocenters. The van der Waals surface area contributed by atoms with E-state index in [0.29, 0.717) is 16.4 Å². The second-order valence-electron chi connectivity index (χ2n) is 8.29. The molecule has 128 valence electrons. The highest BCUT2D eigenvalue weighted by Crippen LogP contribution is 2.40. The van der Waals surface area contributed by atoms with E-state index in [9.17, 15) is 9.90 Å². The Morgan fingerprint density at radius 3 is 1.92 bits per heavy atom. The van der Waals surface area contributed by atoms with Crippen molar-refractivity contribution in [3.8, 4) is 5.75 Å². The van der Waals surface area contributed by atoms with Crippen LogP contribution in [0, 0.1) is 0 Å². The van der Waals surface area contributed by atoms with Crippen molar-refractivity contribution in [2.24, 2.45) is 0 Å². The highest BCUT2D eigenvalue weighted by atomic mass is 35.5. The standard InChI is InChI=1S/C21H25ClO2/c1-20(2,3)16-10-13(11-17(19(16)24)21(4,5)6)9-14-12-15(22)7-8-18(14)23/h7-12,24H,1-6H3/b14-9+. The van der Waals surface area contributed by atoms with E-state index in [0.717, 1.165) is 16.7 Å². The maximum Gasteiger partial charge on any atom is 0.185 e. The minimum Gasteiger partial charge on any atom is -0.507 e. The Morgan fingerprint density at radius 1 is 0.958 bits per heavy atom. The smallest absolute Gasteiger partial charge is 0.185 e. The molecule has 1 aromatic carbocycles. The van der Waals surface area contributed by atoms with E-state index in [2.05, 4.69) is 41.5 Å². The van der Waals surface area contributed by atoms with Gasteiger partial charge in [0.2, 0.25) is 0 Å². The number of ketones is 1. The molecule has 2 rings (SSSR count). The van der Waals surface area contributed by atoms with Gasteiger partial charge in [0.25, 0.3) is 0 Å². The summed E-state index contributed by atoms with van der Waals surface area (Å²) < 4.78 is 0. The first kappa shape index (κ1) is 18.5. The van der Waals surface area contributed by atoms with E-state index in [1.165, 1.54) is 6.08 Å². The number of benzene rings is 1. The second kappa shape index (κ2) is 6.25. The van der Waals surface area contributed by atoms with Crippen molar-refractivity contribution in [3.63, 3.8) is 0 Å². The molecule has 3 heteroatoms. The molecule has 24 heavy (non-hydrogen) atoms. The van der Waals surface area contributed by atoms with Gasteiger partial charge < -0.3 is 5.11 Å². The Labute approximate surface area is 149 Å². The van der Waals surface area contributed by atoms with E-state index in [4.69, 9.17) is 11.6 Å². The number of carbonyl (C=O) groups is 1. The van der Waals surface area contributed by atoms with Crippen molar-refractivity contribution in [3.05, 3.63) is 57.7 Å². The molecule has 0 bridgehead atoms. The highest BCUT2D eigenvalue weighted by molar-refractivity contribution is 6.33. The zero-order valence-corrected chi connectivity index (χ0v) is 16.0. The zero-order valence-electron chi connectivity index (χ0n) is 15.2. The maximum absolute atomic E-state index is 12.1. The van der Waals surface area contributed by atoms with Crippen LogP contribution in [-0.4, -0.2) is 10.9 Å². The minimum absolute atomic E-state index is 0.0675. The number of hydrogen-bond acceptors (Lipinski definition) is 2.